The van der Waals surface area contributed by atoms with Crippen molar-refractivity contribution in [3.8, 4) is 0 Å². The SMILES string of the molecule is CC/C=C/C=C/C=C/C=C/C=C/C=C/C=C/CCCCCC(=O)OC(COCCC(C(=O)O)[N+](C)(C)C)COC(=O)CCCCCC/C=C/CCCC. The van der Waals surface area contributed by atoms with Gasteiger partial charge in [0.1, 0.15) is 6.61 Å². The van der Waals surface area contributed by atoms with Gasteiger partial charge in [0.2, 0.25) is 0 Å². The topological polar surface area (TPSA) is 99.1 Å². The second-order valence-electron chi connectivity index (χ2n) is 14.0. The van der Waals surface area contributed by atoms with Gasteiger partial charge < -0.3 is 23.8 Å². The first-order valence-electron chi connectivity index (χ1n) is 19.9. The minimum absolute atomic E-state index is 0.0317. The molecule has 53 heavy (non-hydrogen) atoms. The number of esters is 2. The molecule has 0 bridgehead atoms. The van der Waals surface area contributed by atoms with Gasteiger partial charge in [0.25, 0.3) is 0 Å². The van der Waals surface area contributed by atoms with Crippen molar-refractivity contribution in [2.24, 2.45) is 0 Å². The number of carbonyl (C=O) groups excluding carboxylic acids is 2. The minimum atomic E-state index is -0.891. The van der Waals surface area contributed by atoms with E-state index in [2.05, 4.69) is 38.2 Å². The molecule has 0 aliphatic carbocycles. The smallest absolute Gasteiger partial charge is 0.362 e. The van der Waals surface area contributed by atoms with Crippen LogP contribution in [0.25, 0.3) is 0 Å². The molecule has 298 valence electrons. The van der Waals surface area contributed by atoms with E-state index in [0.717, 1.165) is 64.2 Å². The molecule has 0 saturated heterocycles. The molecule has 0 aromatic carbocycles. The fraction of sp³-hybridized carbons (Fsp3) is 0.578. The van der Waals surface area contributed by atoms with Crippen LogP contribution in [0.3, 0.4) is 0 Å². The Morgan fingerprint density at radius 2 is 1.08 bits per heavy atom. The van der Waals surface area contributed by atoms with Gasteiger partial charge in [0, 0.05) is 19.3 Å². The standard InChI is InChI=1S/C45H71NO7/c1-6-8-10-12-14-16-18-19-20-21-22-23-24-25-26-28-30-32-34-36-44(48)53-41(39-51-38-37-42(45(49)50)46(3,4)5)40-52-43(47)35-33-31-29-27-17-15-13-11-9-7-2/h8,10,12-16,18-26,41-42H,6-7,9,11,17,27-40H2,1-5H3/p+1/b10-8+,14-12+,15-13+,18-16+,20-19+,22-21+,24-23+,26-25+. The molecular formula is C45H72NO7+. The number of unbranched alkanes of at least 4 members (excludes halogenated alkanes) is 9. The zero-order valence-electron chi connectivity index (χ0n) is 33.7. The van der Waals surface area contributed by atoms with E-state index in [4.69, 9.17) is 14.2 Å². The minimum Gasteiger partial charge on any atom is -0.477 e. The van der Waals surface area contributed by atoms with Gasteiger partial charge in [0.05, 0.1) is 34.4 Å². The maximum Gasteiger partial charge on any atom is 0.362 e. The molecule has 0 spiro atoms. The Morgan fingerprint density at radius 3 is 1.62 bits per heavy atom. The zero-order chi connectivity index (χ0) is 39.3. The van der Waals surface area contributed by atoms with Gasteiger partial charge in [-0.25, -0.2) is 4.79 Å². The quantitative estimate of drug-likeness (QED) is 0.0235. The number of allylic oxidation sites excluding steroid dienone is 16. The van der Waals surface area contributed by atoms with E-state index < -0.39 is 18.1 Å². The average molecular weight is 739 g/mol. The lowest BCUT2D eigenvalue weighted by Gasteiger charge is -2.31. The lowest BCUT2D eigenvalue weighted by atomic mass is 10.1. The van der Waals surface area contributed by atoms with Crippen LogP contribution in [0.5, 0.6) is 0 Å². The first-order valence-corrected chi connectivity index (χ1v) is 19.9. The average Bonchev–Trinajstić information content (AvgIpc) is 3.11. The molecule has 0 radical (unpaired) electrons. The van der Waals surface area contributed by atoms with E-state index in [1.165, 1.54) is 12.8 Å². The molecule has 0 aromatic rings. The highest BCUT2D eigenvalue weighted by molar-refractivity contribution is 5.72. The summed E-state index contributed by atoms with van der Waals surface area (Å²) in [5.74, 6) is -1.56. The summed E-state index contributed by atoms with van der Waals surface area (Å²) in [5, 5.41) is 9.59. The molecule has 0 amide bonds. The van der Waals surface area contributed by atoms with Gasteiger partial charge in [-0.05, 0) is 51.4 Å². The Hall–Kier alpha value is -3.75. The van der Waals surface area contributed by atoms with Crippen LogP contribution in [0.1, 0.15) is 117 Å². The van der Waals surface area contributed by atoms with Crippen LogP contribution in [-0.2, 0) is 28.6 Å². The Labute approximate surface area is 322 Å². The van der Waals surface area contributed by atoms with Gasteiger partial charge in [-0.15, -0.1) is 0 Å². The molecule has 2 unspecified atom stereocenters. The van der Waals surface area contributed by atoms with Crippen LogP contribution < -0.4 is 0 Å². The van der Waals surface area contributed by atoms with Crippen molar-refractivity contribution >= 4 is 17.9 Å². The number of rotatable bonds is 33. The molecular weight excluding hydrogens is 666 g/mol. The van der Waals surface area contributed by atoms with Crippen molar-refractivity contribution in [1.82, 2.24) is 0 Å². The predicted molar refractivity (Wildman–Crippen MR) is 219 cm³/mol. The first-order chi connectivity index (χ1) is 25.6. The summed E-state index contributed by atoms with van der Waals surface area (Å²) < 4.78 is 17.1. The van der Waals surface area contributed by atoms with Crippen molar-refractivity contribution in [3.63, 3.8) is 0 Å². The summed E-state index contributed by atoms with van der Waals surface area (Å²) >= 11 is 0. The lowest BCUT2D eigenvalue weighted by molar-refractivity contribution is -0.887. The number of nitrogens with zero attached hydrogens (tertiary/aromatic N) is 1. The summed E-state index contributed by atoms with van der Waals surface area (Å²) in [6.07, 6.45) is 45.9. The molecule has 2 atom stereocenters. The number of hydrogen-bond acceptors (Lipinski definition) is 6. The molecule has 8 heteroatoms. The third-order valence-electron chi connectivity index (χ3n) is 8.16. The van der Waals surface area contributed by atoms with Gasteiger partial charge in [-0.2, -0.15) is 0 Å². The van der Waals surface area contributed by atoms with Crippen LogP contribution in [0.15, 0.2) is 97.2 Å². The summed E-state index contributed by atoms with van der Waals surface area (Å²) in [5.41, 5.74) is 0. The van der Waals surface area contributed by atoms with E-state index in [1.54, 1.807) is 0 Å². The van der Waals surface area contributed by atoms with E-state index in [0.29, 0.717) is 19.3 Å². The number of carboxylic acid groups (broad SMARTS) is 1. The fourth-order valence-corrected chi connectivity index (χ4v) is 5.05. The van der Waals surface area contributed by atoms with Gasteiger partial charge in [-0.1, -0.05) is 143 Å². The number of carbonyl (C=O) groups is 3. The number of carboxylic acids is 1. The van der Waals surface area contributed by atoms with Crippen molar-refractivity contribution in [2.45, 2.75) is 129 Å². The zero-order valence-corrected chi connectivity index (χ0v) is 33.7. The highest BCUT2D eigenvalue weighted by Crippen LogP contribution is 2.12. The number of ether oxygens (including phenoxy) is 3. The molecule has 8 nitrogen and oxygen atoms in total. The molecule has 0 rings (SSSR count). The Morgan fingerprint density at radius 1 is 0.585 bits per heavy atom. The highest BCUT2D eigenvalue weighted by Gasteiger charge is 2.31. The number of hydrogen-bond donors (Lipinski definition) is 1. The van der Waals surface area contributed by atoms with Crippen molar-refractivity contribution in [2.75, 3.05) is 41.0 Å². The summed E-state index contributed by atoms with van der Waals surface area (Å²) in [6.45, 7) is 4.44. The molecule has 0 saturated carbocycles. The molecule has 0 heterocycles. The maximum atomic E-state index is 12.7. The largest absolute Gasteiger partial charge is 0.477 e. The van der Waals surface area contributed by atoms with Crippen LogP contribution in [0, 0.1) is 0 Å². The van der Waals surface area contributed by atoms with E-state index in [9.17, 15) is 19.5 Å². The number of likely N-dealkylation sites (N-methyl/N-ethyl adjacent to an activating group) is 1. The summed E-state index contributed by atoms with van der Waals surface area (Å²) in [6, 6.07) is -0.630. The summed E-state index contributed by atoms with van der Waals surface area (Å²) in [4.78, 5) is 36.8. The lowest BCUT2D eigenvalue weighted by Crippen LogP contribution is -2.50. The van der Waals surface area contributed by atoms with Crippen LogP contribution in [0.2, 0.25) is 0 Å². The Balaban J connectivity index is 4.55. The Kier molecular flexibility index (Phi) is 32.8. The normalized spacial score (nSPS) is 14.1. The fourth-order valence-electron chi connectivity index (χ4n) is 5.05. The van der Waals surface area contributed by atoms with Crippen LogP contribution in [-0.4, -0.2) is 80.6 Å². The molecule has 0 aliphatic heterocycles. The second-order valence-corrected chi connectivity index (χ2v) is 14.0. The Bertz CT molecular complexity index is 1180. The van der Waals surface area contributed by atoms with E-state index in [1.807, 2.05) is 94.1 Å². The van der Waals surface area contributed by atoms with Gasteiger partial charge >= 0.3 is 17.9 Å². The van der Waals surface area contributed by atoms with Crippen molar-refractivity contribution < 1.29 is 38.2 Å². The highest BCUT2D eigenvalue weighted by atomic mass is 16.6. The third-order valence-corrected chi connectivity index (χ3v) is 8.16. The molecule has 0 aliphatic rings. The number of aliphatic carboxylic acids is 1. The van der Waals surface area contributed by atoms with Gasteiger partial charge in [-0.3, -0.25) is 9.59 Å². The van der Waals surface area contributed by atoms with E-state index in [-0.39, 0.29) is 42.7 Å². The van der Waals surface area contributed by atoms with Crippen molar-refractivity contribution in [3.05, 3.63) is 97.2 Å². The third kappa shape index (κ3) is 33.8. The number of quaternary nitrogens is 1. The maximum absolute atomic E-state index is 12.7. The molecule has 1 N–H and O–H groups in total. The van der Waals surface area contributed by atoms with Crippen molar-refractivity contribution in [1.29, 1.82) is 0 Å². The predicted octanol–water partition coefficient (Wildman–Crippen LogP) is 10.3. The monoisotopic (exact) mass is 739 g/mol. The van der Waals surface area contributed by atoms with Crippen LogP contribution in [0.4, 0.5) is 0 Å². The second kappa shape index (κ2) is 35.3. The summed E-state index contributed by atoms with van der Waals surface area (Å²) in [7, 11) is 5.48. The van der Waals surface area contributed by atoms with E-state index >= 15 is 0 Å². The first kappa shape index (κ1) is 49.2. The molecule has 0 aromatic heterocycles. The van der Waals surface area contributed by atoms with Gasteiger partial charge in [0.15, 0.2) is 12.1 Å². The molecule has 0 fully saturated rings. The van der Waals surface area contributed by atoms with Crippen LogP contribution >= 0.6 is 0 Å².